The molecule has 0 bridgehead atoms. The fourth-order valence-electron chi connectivity index (χ4n) is 2.50. The summed E-state index contributed by atoms with van der Waals surface area (Å²) in [6, 6.07) is 13.3. The van der Waals surface area contributed by atoms with E-state index in [0.717, 1.165) is 16.2 Å². The van der Waals surface area contributed by atoms with Crippen molar-refractivity contribution in [2.24, 2.45) is 0 Å². The molecule has 0 unspecified atom stereocenters. The van der Waals surface area contributed by atoms with Crippen molar-refractivity contribution in [1.82, 2.24) is 19.6 Å². The number of aryl methyl sites for hydroxylation is 1. The van der Waals surface area contributed by atoms with Crippen molar-refractivity contribution in [1.29, 1.82) is 0 Å². The van der Waals surface area contributed by atoms with Crippen LogP contribution in [0, 0.1) is 6.92 Å². The molecule has 0 spiro atoms. The number of benzene rings is 1. The highest BCUT2D eigenvalue weighted by Gasteiger charge is 2.12. The summed E-state index contributed by atoms with van der Waals surface area (Å²) in [5, 5.41) is 5.42. The summed E-state index contributed by atoms with van der Waals surface area (Å²) in [7, 11) is 0. The highest BCUT2D eigenvalue weighted by Crippen LogP contribution is 2.25. The number of nitrogens with zero attached hydrogens (tertiary/aromatic N) is 3. The zero-order valence-corrected chi connectivity index (χ0v) is 15.6. The van der Waals surface area contributed by atoms with E-state index >= 15 is 0 Å². The van der Waals surface area contributed by atoms with Crippen molar-refractivity contribution in [3.8, 4) is 16.5 Å². The number of nitrogens with one attached hydrogen (secondary N) is 1. The number of H-pyrrole nitrogens is 1. The predicted molar refractivity (Wildman–Crippen MR) is 104 cm³/mol. The highest BCUT2D eigenvalue weighted by atomic mass is 32.2. The van der Waals surface area contributed by atoms with E-state index in [9.17, 15) is 4.79 Å². The van der Waals surface area contributed by atoms with Gasteiger partial charge in [-0.05, 0) is 30.0 Å². The first-order valence-corrected chi connectivity index (χ1v) is 9.92. The Kier molecular flexibility index (Phi) is 4.77. The van der Waals surface area contributed by atoms with E-state index in [4.69, 9.17) is 4.74 Å². The van der Waals surface area contributed by atoms with Gasteiger partial charge in [0.1, 0.15) is 5.75 Å². The Morgan fingerprint density at radius 3 is 2.92 bits per heavy atom. The maximum absolute atomic E-state index is 11.7. The van der Waals surface area contributed by atoms with E-state index in [0.29, 0.717) is 29.0 Å². The Labute approximate surface area is 157 Å². The molecule has 0 aliphatic carbocycles. The largest absolute Gasteiger partial charge is 0.492 e. The van der Waals surface area contributed by atoms with Crippen LogP contribution in [-0.4, -0.2) is 31.9 Å². The summed E-state index contributed by atoms with van der Waals surface area (Å²) >= 11 is 3.09. The molecular weight excluding hydrogens is 368 g/mol. The van der Waals surface area contributed by atoms with Crippen molar-refractivity contribution in [2.45, 2.75) is 12.1 Å². The van der Waals surface area contributed by atoms with Gasteiger partial charge in [-0.2, -0.15) is 0 Å². The van der Waals surface area contributed by atoms with E-state index in [2.05, 4.69) is 15.1 Å². The molecule has 26 heavy (non-hydrogen) atoms. The van der Waals surface area contributed by atoms with E-state index in [-0.39, 0.29) is 5.56 Å². The summed E-state index contributed by atoms with van der Waals surface area (Å²) in [6.45, 7) is 2.56. The fraction of sp³-hybridized carbons (Fsp3) is 0.167. The van der Waals surface area contributed by atoms with Gasteiger partial charge in [-0.3, -0.25) is 9.89 Å². The molecule has 1 N–H and O–H groups in total. The third kappa shape index (κ3) is 3.51. The maximum Gasteiger partial charge on any atom is 0.266 e. The molecule has 6 nitrogen and oxygen atoms in total. The van der Waals surface area contributed by atoms with E-state index in [1.165, 1.54) is 17.8 Å². The van der Waals surface area contributed by atoms with Crippen LogP contribution in [-0.2, 0) is 0 Å². The first kappa shape index (κ1) is 16.9. The Morgan fingerprint density at radius 1 is 1.23 bits per heavy atom. The molecule has 0 saturated heterocycles. The molecule has 0 radical (unpaired) electrons. The van der Waals surface area contributed by atoms with Crippen molar-refractivity contribution in [3.63, 3.8) is 0 Å². The van der Waals surface area contributed by atoms with Crippen LogP contribution in [0.3, 0.4) is 0 Å². The minimum atomic E-state index is -0.194. The monoisotopic (exact) mass is 384 g/mol. The first-order valence-electron chi connectivity index (χ1n) is 8.05. The number of hydrogen-bond acceptors (Lipinski definition) is 6. The third-order valence-corrected chi connectivity index (χ3v) is 5.50. The summed E-state index contributed by atoms with van der Waals surface area (Å²) < 4.78 is 7.46. The van der Waals surface area contributed by atoms with Crippen molar-refractivity contribution in [2.75, 3.05) is 12.4 Å². The van der Waals surface area contributed by atoms with E-state index in [1.807, 2.05) is 48.7 Å². The average molecular weight is 384 g/mol. The normalized spacial score (nSPS) is 11.1. The Bertz CT molecular complexity index is 1090. The van der Waals surface area contributed by atoms with Gasteiger partial charge in [-0.15, -0.1) is 11.3 Å². The summed E-state index contributed by atoms with van der Waals surface area (Å²) in [4.78, 5) is 21.8. The SMILES string of the molecule is Cc1ccccc1OCCSc1nc(-c2cccs2)nc2cc(=O)[nH]n12. The molecule has 1 aromatic carbocycles. The van der Waals surface area contributed by atoms with E-state index in [1.54, 1.807) is 15.9 Å². The highest BCUT2D eigenvalue weighted by molar-refractivity contribution is 7.99. The van der Waals surface area contributed by atoms with Crippen LogP contribution in [0.25, 0.3) is 16.3 Å². The molecule has 8 heteroatoms. The second-order valence-corrected chi connectivity index (χ2v) is 7.59. The number of aromatic amines is 1. The van der Waals surface area contributed by atoms with Gasteiger partial charge in [0.25, 0.3) is 5.56 Å². The van der Waals surface area contributed by atoms with Gasteiger partial charge >= 0.3 is 0 Å². The van der Waals surface area contributed by atoms with Crippen molar-refractivity contribution in [3.05, 3.63) is 63.8 Å². The van der Waals surface area contributed by atoms with Crippen LogP contribution in [0.15, 0.2) is 57.8 Å². The van der Waals surface area contributed by atoms with Gasteiger partial charge in [0.05, 0.1) is 11.5 Å². The number of ether oxygens (including phenoxy) is 1. The third-order valence-electron chi connectivity index (χ3n) is 3.73. The molecule has 4 aromatic rings. The Balaban J connectivity index is 1.53. The molecule has 0 atom stereocenters. The van der Waals surface area contributed by atoms with E-state index < -0.39 is 0 Å². The Hall–Kier alpha value is -2.58. The zero-order chi connectivity index (χ0) is 17.9. The van der Waals surface area contributed by atoms with Gasteiger partial charge in [0.15, 0.2) is 16.6 Å². The van der Waals surface area contributed by atoms with Gasteiger partial charge in [0, 0.05) is 11.8 Å². The lowest BCUT2D eigenvalue weighted by Crippen LogP contribution is -2.06. The van der Waals surface area contributed by atoms with Gasteiger partial charge < -0.3 is 4.74 Å². The molecule has 0 amide bonds. The van der Waals surface area contributed by atoms with Crippen LogP contribution in [0.1, 0.15) is 5.56 Å². The maximum atomic E-state index is 11.7. The molecule has 3 heterocycles. The van der Waals surface area contributed by atoms with Crippen LogP contribution in [0.2, 0.25) is 0 Å². The second-order valence-electron chi connectivity index (χ2n) is 5.58. The predicted octanol–water partition coefficient (Wildman–Crippen LogP) is 3.63. The second kappa shape index (κ2) is 7.35. The lowest BCUT2D eigenvalue weighted by Gasteiger charge is -2.09. The minimum absolute atomic E-state index is 0.194. The first-order chi connectivity index (χ1) is 12.7. The molecule has 0 fully saturated rings. The summed E-state index contributed by atoms with van der Waals surface area (Å²) in [6.07, 6.45) is 0. The number of fused-ring (bicyclic) bond motifs is 1. The zero-order valence-electron chi connectivity index (χ0n) is 14.0. The molecule has 3 aromatic heterocycles. The van der Waals surface area contributed by atoms with Crippen molar-refractivity contribution < 1.29 is 4.74 Å². The van der Waals surface area contributed by atoms with Gasteiger partial charge in [0.2, 0.25) is 0 Å². The van der Waals surface area contributed by atoms with Gasteiger partial charge in [-0.1, -0.05) is 36.0 Å². The number of aromatic nitrogens is 4. The molecule has 4 rings (SSSR count). The van der Waals surface area contributed by atoms with Crippen LogP contribution < -0.4 is 10.3 Å². The molecule has 0 saturated carbocycles. The van der Waals surface area contributed by atoms with Gasteiger partial charge in [-0.25, -0.2) is 14.5 Å². The smallest absolute Gasteiger partial charge is 0.266 e. The molecular formula is C18H16N4O2S2. The number of thiophene rings is 1. The summed E-state index contributed by atoms with van der Waals surface area (Å²) in [5.41, 5.74) is 1.48. The lowest BCUT2D eigenvalue weighted by atomic mass is 10.2. The minimum Gasteiger partial charge on any atom is -0.492 e. The standard InChI is InChI=1S/C18H16N4O2S2/c1-12-5-2-3-6-13(12)24-8-10-26-18-20-17(14-7-4-9-25-14)19-15-11-16(23)21-22(15)18/h2-7,9,11H,8,10H2,1H3,(H,21,23). The molecule has 132 valence electrons. The van der Waals surface area contributed by atoms with Crippen LogP contribution in [0.5, 0.6) is 5.75 Å². The number of para-hydroxylation sites is 1. The van der Waals surface area contributed by atoms with Crippen LogP contribution >= 0.6 is 23.1 Å². The lowest BCUT2D eigenvalue weighted by molar-refractivity contribution is 0.341. The molecule has 0 aliphatic rings. The number of hydrogen-bond donors (Lipinski definition) is 1. The summed E-state index contributed by atoms with van der Waals surface area (Å²) in [5.74, 6) is 2.21. The Morgan fingerprint density at radius 2 is 2.12 bits per heavy atom. The fourth-order valence-corrected chi connectivity index (χ4v) is 3.93. The van der Waals surface area contributed by atoms with Crippen LogP contribution in [0.4, 0.5) is 0 Å². The topological polar surface area (TPSA) is 72.3 Å². The number of rotatable bonds is 6. The number of thioether (sulfide) groups is 1. The van der Waals surface area contributed by atoms with Crippen molar-refractivity contribution >= 4 is 28.7 Å². The quantitative estimate of drug-likeness (QED) is 0.406. The average Bonchev–Trinajstić information content (AvgIpc) is 3.28. The molecule has 0 aliphatic heterocycles.